The van der Waals surface area contributed by atoms with E-state index in [9.17, 15) is 4.79 Å². The predicted molar refractivity (Wildman–Crippen MR) is 45.3 cm³/mol. The van der Waals surface area contributed by atoms with Gasteiger partial charge in [-0.15, -0.1) is 0 Å². The summed E-state index contributed by atoms with van der Waals surface area (Å²) in [5.74, 6) is 0. The minimum atomic E-state index is -0.550. The van der Waals surface area contributed by atoms with Crippen molar-refractivity contribution < 1.29 is 4.79 Å². The van der Waals surface area contributed by atoms with Gasteiger partial charge in [-0.1, -0.05) is 0 Å². The Hall–Kier alpha value is -0.640. The van der Waals surface area contributed by atoms with Crippen molar-refractivity contribution in [2.75, 3.05) is 0 Å². The largest absolute Gasteiger partial charge is 0.301 e. The van der Waals surface area contributed by atoms with Crippen LogP contribution in [-0.4, -0.2) is 16.1 Å². The highest BCUT2D eigenvalue weighted by atomic mass is 79.9. The first-order valence-corrected chi connectivity index (χ1v) is 4.02. The smallest absolute Gasteiger partial charge is 0.147 e. The van der Waals surface area contributed by atoms with Crippen molar-refractivity contribution in [1.29, 1.82) is 0 Å². The third kappa shape index (κ3) is 1.68. The van der Waals surface area contributed by atoms with Crippen LogP contribution in [0.1, 0.15) is 13.8 Å². The first-order valence-electron chi connectivity index (χ1n) is 3.23. The summed E-state index contributed by atoms with van der Waals surface area (Å²) in [6.45, 7) is 3.61. The fourth-order valence-electron chi connectivity index (χ4n) is 0.670. The summed E-state index contributed by atoms with van der Waals surface area (Å²) in [7, 11) is 0. The van der Waals surface area contributed by atoms with Gasteiger partial charge in [0.2, 0.25) is 0 Å². The second-order valence-corrected chi connectivity index (χ2v) is 3.79. The molecule has 0 unspecified atom stereocenters. The highest BCUT2D eigenvalue weighted by Crippen LogP contribution is 2.14. The molecule has 4 heteroatoms. The molecule has 11 heavy (non-hydrogen) atoms. The van der Waals surface area contributed by atoms with Crippen LogP contribution in [0.3, 0.4) is 0 Å². The molecular formula is C7H9BrN2O. The van der Waals surface area contributed by atoms with Crippen LogP contribution in [0.15, 0.2) is 16.9 Å². The number of nitrogens with zero attached hydrogens (tertiary/aromatic N) is 2. The summed E-state index contributed by atoms with van der Waals surface area (Å²) in [6.07, 6.45) is 4.30. The van der Waals surface area contributed by atoms with E-state index < -0.39 is 5.54 Å². The van der Waals surface area contributed by atoms with Gasteiger partial charge in [-0.05, 0) is 29.8 Å². The zero-order valence-electron chi connectivity index (χ0n) is 6.41. The van der Waals surface area contributed by atoms with Crippen molar-refractivity contribution in [2.45, 2.75) is 19.4 Å². The van der Waals surface area contributed by atoms with Gasteiger partial charge in [-0.3, -0.25) is 4.68 Å². The minimum absolute atomic E-state index is 0.550. The van der Waals surface area contributed by atoms with Gasteiger partial charge >= 0.3 is 0 Å². The lowest BCUT2D eigenvalue weighted by atomic mass is 10.1. The Morgan fingerprint density at radius 2 is 2.36 bits per heavy atom. The monoisotopic (exact) mass is 216 g/mol. The summed E-state index contributed by atoms with van der Waals surface area (Å²) >= 11 is 3.25. The molecule has 60 valence electrons. The van der Waals surface area contributed by atoms with E-state index in [1.807, 2.05) is 0 Å². The normalized spacial score (nSPS) is 11.5. The van der Waals surface area contributed by atoms with Crippen LogP contribution in [0.5, 0.6) is 0 Å². The zero-order chi connectivity index (χ0) is 8.48. The Kier molecular flexibility index (Phi) is 2.13. The third-order valence-corrected chi connectivity index (χ3v) is 1.84. The quantitative estimate of drug-likeness (QED) is 0.705. The SMILES string of the molecule is CC(C)(C=O)n1cc(Br)cn1. The van der Waals surface area contributed by atoms with Crippen LogP contribution >= 0.6 is 15.9 Å². The average molecular weight is 217 g/mol. The number of carbonyl (C=O) groups excluding carboxylic acids is 1. The lowest BCUT2D eigenvalue weighted by Gasteiger charge is -2.16. The van der Waals surface area contributed by atoms with E-state index in [1.165, 1.54) is 0 Å². The number of aldehydes is 1. The number of carbonyl (C=O) groups is 1. The van der Waals surface area contributed by atoms with Crippen molar-refractivity contribution in [2.24, 2.45) is 0 Å². The average Bonchev–Trinajstić information content (AvgIpc) is 2.36. The number of halogens is 1. The molecule has 1 heterocycles. The lowest BCUT2D eigenvalue weighted by molar-refractivity contribution is -0.114. The Morgan fingerprint density at radius 3 is 2.73 bits per heavy atom. The van der Waals surface area contributed by atoms with Crippen LogP contribution in [0, 0.1) is 0 Å². The van der Waals surface area contributed by atoms with Crippen LogP contribution in [-0.2, 0) is 10.3 Å². The van der Waals surface area contributed by atoms with Crippen LogP contribution < -0.4 is 0 Å². The fraction of sp³-hybridized carbons (Fsp3) is 0.429. The minimum Gasteiger partial charge on any atom is -0.301 e. The summed E-state index contributed by atoms with van der Waals surface area (Å²) in [4.78, 5) is 10.6. The van der Waals surface area contributed by atoms with Gasteiger partial charge < -0.3 is 4.79 Å². The van der Waals surface area contributed by atoms with E-state index in [0.29, 0.717) is 0 Å². The predicted octanol–water partition coefficient (Wildman–Crippen LogP) is 1.58. The van der Waals surface area contributed by atoms with Gasteiger partial charge in [0, 0.05) is 6.20 Å². The molecule has 0 N–H and O–H groups in total. The number of rotatable bonds is 2. The molecule has 0 amide bonds. The van der Waals surface area contributed by atoms with Crippen molar-refractivity contribution in [3.63, 3.8) is 0 Å². The van der Waals surface area contributed by atoms with Crippen LogP contribution in [0.4, 0.5) is 0 Å². The van der Waals surface area contributed by atoms with Gasteiger partial charge in [0.1, 0.15) is 11.8 Å². The zero-order valence-corrected chi connectivity index (χ0v) is 8.00. The Morgan fingerprint density at radius 1 is 1.73 bits per heavy atom. The lowest BCUT2D eigenvalue weighted by Crippen LogP contribution is -2.28. The van der Waals surface area contributed by atoms with Gasteiger partial charge in [0.25, 0.3) is 0 Å². The molecule has 3 nitrogen and oxygen atoms in total. The molecule has 0 fully saturated rings. The van der Waals surface area contributed by atoms with Crippen molar-refractivity contribution in [3.05, 3.63) is 16.9 Å². The first kappa shape index (κ1) is 8.46. The van der Waals surface area contributed by atoms with Crippen molar-refractivity contribution in [3.8, 4) is 0 Å². The molecule has 0 atom stereocenters. The third-order valence-electron chi connectivity index (χ3n) is 1.43. The van der Waals surface area contributed by atoms with Gasteiger partial charge in [-0.2, -0.15) is 5.10 Å². The standard InChI is InChI=1S/C7H9BrN2O/c1-7(2,5-11)10-4-6(8)3-9-10/h3-5H,1-2H3. The molecule has 1 aromatic heterocycles. The molecule has 0 saturated heterocycles. The van der Waals surface area contributed by atoms with E-state index in [-0.39, 0.29) is 0 Å². The van der Waals surface area contributed by atoms with Gasteiger partial charge in [0.05, 0.1) is 10.7 Å². The molecule has 0 aromatic carbocycles. The highest BCUT2D eigenvalue weighted by Gasteiger charge is 2.19. The Labute approximate surface area is 73.5 Å². The molecular weight excluding hydrogens is 208 g/mol. The molecule has 0 radical (unpaired) electrons. The maximum Gasteiger partial charge on any atom is 0.147 e. The fourth-order valence-corrected chi connectivity index (χ4v) is 0.956. The van der Waals surface area contributed by atoms with Crippen LogP contribution in [0.25, 0.3) is 0 Å². The maximum absolute atomic E-state index is 10.6. The van der Waals surface area contributed by atoms with E-state index in [4.69, 9.17) is 0 Å². The first-order chi connectivity index (χ1) is 5.06. The van der Waals surface area contributed by atoms with Gasteiger partial charge in [0.15, 0.2) is 0 Å². The number of hydrogen-bond donors (Lipinski definition) is 0. The number of aromatic nitrogens is 2. The van der Waals surface area contributed by atoms with Crippen molar-refractivity contribution in [1.82, 2.24) is 9.78 Å². The van der Waals surface area contributed by atoms with Crippen molar-refractivity contribution >= 4 is 22.2 Å². The van der Waals surface area contributed by atoms with E-state index in [2.05, 4.69) is 21.0 Å². The summed E-state index contributed by atoms with van der Waals surface area (Å²) in [5.41, 5.74) is -0.550. The Balaban J connectivity index is 3.01. The molecule has 0 aliphatic heterocycles. The number of hydrogen-bond acceptors (Lipinski definition) is 2. The molecule has 1 rings (SSSR count). The molecule has 0 bridgehead atoms. The van der Waals surface area contributed by atoms with E-state index >= 15 is 0 Å². The molecule has 0 saturated carbocycles. The maximum atomic E-state index is 10.6. The van der Waals surface area contributed by atoms with E-state index in [1.54, 1.807) is 30.9 Å². The molecule has 0 spiro atoms. The summed E-state index contributed by atoms with van der Waals surface area (Å²) in [5, 5.41) is 4.00. The Bertz CT molecular complexity index is 267. The summed E-state index contributed by atoms with van der Waals surface area (Å²) in [6, 6.07) is 0. The van der Waals surface area contributed by atoms with Crippen LogP contribution in [0.2, 0.25) is 0 Å². The topological polar surface area (TPSA) is 34.9 Å². The molecule has 0 aliphatic rings. The molecule has 0 aliphatic carbocycles. The van der Waals surface area contributed by atoms with E-state index in [0.717, 1.165) is 10.8 Å². The summed E-state index contributed by atoms with van der Waals surface area (Å²) < 4.78 is 2.50. The molecule has 1 aromatic rings. The van der Waals surface area contributed by atoms with Gasteiger partial charge in [-0.25, -0.2) is 0 Å². The highest BCUT2D eigenvalue weighted by molar-refractivity contribution is 9.10. The second-order valence-electron chi connectivity index (χ2n) is 2.87. The second kappa shape index (κ2) is 2.77.